The molecule has 3 aromatic rings. The minimum Gasteiger partial charge on any atom is -0.493 e. The van der Waals surface area contributed by atoms with Crippen LogP contribution in [0.3, 0.4) is 0 Å². The molecule has 0 fully saturated rings. The van der Waals surface area contributed by atoms with Crippen LogP contribution >= 0.6 is 0 Å². The van der Waals surface area contributed by atoms with Crippen LogP contribution in [0.25, 0.3) is 33.0 Å². The van der Waals surface area contributed by atoms with Gasteiger partial charge in [-0.1, -0.05) is 48.5 Å². The number of hydrogen-bond donors (Lipinski definition) is 0. The van der Waals surface area contributed by atoms with Crippen molar-refractivity contribution >= 4 is 10.8 Å². The summed E-state index contributed by atoms with van der Waals surface area (Å²) >= 11 is 0. The normalized spacial score (nSPS) is 11.6. The predicted octanol–water partition coefficient (Wildman–Crippen LogP) is 4.89. The first-order valence-corrected chi connectivity index (χ1v) is 6.68. The van der Waals surface area contributed by atoms with Crippen molar-refractivity contribution < 1.29 is 4.74 Å². The van der Waals surface area contributed by atoms with E-state index in [0.717, 1.165) is 5.75 Å². The van der Waals surface area contributed by atoms with Crippen LogP contribution in [0.5, 0.6) is 5.75 Å². The van der Waals surface area contributed by atoms with Gasteiger partial charge in [0.2, 0.25) is 0 Å². The molecule has 1 aliphatic carbocycles. The summed E-state index contributed by atoms with van der Waals surface area (Å²) in [7, 11) is 0. The highest BCUT2D eigenvalue weighted by Gasteiger charge is 2.21. The van der Waals surface area contributed by atoms with E-state index in [4.69, 9.17) is 4.74 Å². The zero-order valence-electron chi connectivity index (χ0n) is 10.8. The molecule has 0 heterocycles. The Morgan fingerprint density at radius 3 is 2.16 bits per heavy atom. The van der Waals surface area contributed by atoms with Crippen LogP contribution in [0.1, 0.15) is 6.92 Å². The molecular formula is C18H14O. The van der Waals surface area contributed by atoms with Crippen LogP contribution in [-0.2, 0) is 0 Å². The van der Waals surface area contributed by atoms with Gasteiger partial charge in [-0.2, -0.15) is 0 Å². The Balaban J connectivity index is 2.14. The van der Waals surface area contributed by atoms with E-state index < -0.39 is 0 Å². The Hall–Kier alpha value is -2.28. The lowest BCUT2D eigenvalue weighted by atomic mass is 10.0. The molecule has 0 aliphatic heterocycles. The third-order valence-electron chi connectivity index (χ3n) is 3.81. The molecule has 0 saturated carbocycles. The number of hydrogen-bond acceptors (Lipinski definition) is 1. The van der Waals surface area contributed by atoms with E-state index in [1.807, 2.05) is 6.92 Å². The fraction of sp³-hybridized carbons (Fsp3) is 0.111. The molecule has 0 aromatic heterocycles. The lowest BCUT2D eigenvalue weighted by molar-refractivity contribution is 0.344. The van der Waals surface area contributed by atoms with Gasteiger partial charge in [0.1, 0.15) is 5.75 Å². The fourth-order valence-electron chi connectivity index (χ4n) is 3.06. The summed E-state index contributed by atoms with van der Waals surface area (Å²) in [6, 6.07) is 19.4. The van der Waals surface area contributed by atoms with E-state index in [1.165, 1.54) is 33.0 Å². The second-order valence-electron chi connectivity index (χ2n) is 4.82. The van der Waals surface area contributed by atoms with Gasteiger partial charge in [0.25, 0.3) is 0 Å². The van der Waals surface area contributed by atoms with Crippen molar-refractivity contribution in [2.24, 2.45) is 0 Å². The van der Waals surface area contributed by atoms with Gasteiger partial charge in [-0.25, -0.2) is 0 Å². The quantitative estimate of drug-likeness (QED) is 0.489. The highest BCUT2D eigenvalue weighted by Crippen LogP contribution is 2.48. The number of fused-ring (bicyclic) bond motifs is 3. The van der Waals surface area contributed by atoms with Gasteiger partial charge < -0.3 is 4.74 Å². The summed E-state index contributed by atoms with van der Waals surface area (Å²) in [6.45, 7) is 2.73. The van der Waals surface area contributed by atoms with E-state index in [1.54, 1.807) is 0 Å². The largest absolute Gasteiger partial charge is 0.493 e. The summed E-state index contributed by atoms with van der Waals surface area (Å²) in [4.78, 5) is 0. The lowest BCUT2D eigenvalue weighted by Gasteiger charge is -2.09. The number of rotatable bonds is 2. The van der Waals surface area contributed by atoms with E-state index >= 15 is 0 Å². The molecule has 0 saturated heterocycles. The summed E-state index contributed by atoms with van der Waals surface area (Å²) < 4.78 is 5.76. The molecule has 19 heavy (non-hydrogen) atoms. The monoisotopic (exact) mass is 246 g/mol. The summed E-state index contributed by atoms with van der Waals surface area (Å²) in [6.07, 6.45) is 0. The minimum absolute atomic E-state index is 0.700. The van der Waals surface area contributed by atoms with Gasteiger partial charge >= 0.3 is 0 Å². The molecule has 4 rings (SSSR count). The second-order valence-corrected chi connectivity index (χ2v) is 4.82. The van der Waals surface area contributed by atoms with E-state index in [2.05, 4.69) is 54.6 Å². The smallest absolute Gasteiger partial charge is 0.127 e. The molecule has 1 nitrogen and oxygen atoms in total. The van der Waals surface area contributed by atoms with Gasteiger partial charge in [-0.3, -0.25) is 0 Å². The minimum atomic E-state index is 0.700. The van der Waals surface area contributed by atoms with Crippen LogP contribution in [0, 0.1) is 0 Å². The molecule has 0 unspecified atom stereocenters. The molecule has 1 heteroatoms. The first-order valence-electron chi connectivity index (χ1n) is 6.68. The highest BCUT2D eigenvalue weighted by molar-refractivity contribution is 6.16. The Morgan fingerprint density at radius 2 is 1.42 bits per heavy atom. The van der Waals surface area contributed by atoms with Crippen LogP contribution in [-0.4, -0.2) is 6.61 Å². The average Bonchev–Trinajstić information content (AvgIpc) is 2.79. The molecule has 0 bridgehead atoms. The fourth-order valence-corrected chi connectivity index (χ4v) is 3.06. The Kier molecular flexibility index (Phi) is 2.16. The number of benzene rings is 3. The third-order valence-corrected chi connectivity index (χ3v) is 3.81. The Bertz CT molecular complexity index is 758. The zero-order valence-corrected chi connectivity index (χ0v) is 10.8. The molecule has 0 atom stereocenters. The van der Waals surface area contributed by atoms with Gasteiger partial charge in [0.05, 0.1) is 6.61 Å². The Morgan fingerprint density at radius 1 is 0.737 bits per heavy atom. The van der Waals surface area contributed by atoms with Crippen LogP contribution in [0.4, 0.5) is 0 Å². The molecular weight excluding hydrogens is 232 g/mol. The first kappa shape index (κ1) is 10.6. The average molecular weight is 246 g/mol. The van der Waals surface area contributed by atoms with E-state index in [-0.39, 0.29) is 0 Å². The van der Waals surface area contributed by atoms with E-state index in [0.29, 0.717) is 6.61 Å². The number of ether oxygens (including phenoxy) is 1. The van der Waals surface area contributed by atoms with Crippen molar-refractivity contribution in [3.8, 4) is 28.0 Å². The van der Waals surface area contributed by atoms with Gasteiger partial charge in [-0.15, -0.1) is 0 Å². The van der Waals surface area contributed by atoms with Crippen LogP contribution in [0.2, 0.25) is 0 Å². The van der Waals surface area contributed by atoms with Crippen LogP contribution < -0.4 is 4.74 Å². The summed E-state index contributed by atoms with van der Waals surface area (Å²) in [5.41, 5.74) is 5.31. The standard InChI is InChI=1S/C18H14O/c1-2-19-17-11-10-15-13-7-4-3-6-12(13)14-8-5-9-16(17)18(14)15/h3-11H,2H2,1H3. The summed E-state index contributed by atoms with van der Waals surface area (Å²) in [5.74, 6) is 0.982. The SMILES string of the molecule is CCOc1ccc2c3c(cccc13)-c1ccccc1-2. The molecule has 0 spiro atoms. The van der Waals surface area contributed by atoms with Crippen molar-refractivity contribution in [3.05, 3.63) is 54.6 Å². The maximum Gasteiger partial charge on any atom is 0.127 e. The topological polar surface area (TPSA) is 9.23 Å². The molecule has 0 N–H and O–H groups in total. The Labute approximate surface area is 112 Å². The third kappa shape index (κ3) is 1.36. The first-order chi connectivity index (χ1) is 9.40. The second kappa shape index (κ2) is 3.86. The lowest BCUT2D eigenvalue weighted by Crippen LogP contribution is -1.92. The maximum absolute atomic E-state index is 5.76. The highest BCUT2D eigenvalue weighted by atomic mass is 16.5. The van der Waals surface area contributed by atoms with Gasteiger partial charge in [0.15, 0.2) is 0 Å². The summed E-state index contributed by atoms with van der Waals surface area (Å²) in [5, 5.41) is 2.54. The predicted molar refractivity (Wildman–Crippen MR) is 79.5 cm³/mol. The molecule has 3 aromatic carbocycles. The van der Waals surface area contributed by atoms with Crippen molar-refractivity contribution in [1.29, 1.82) is 0 Å². The molecule has 1 aliphatic rings. The van der Waals surface area contributed by atoms with Gasteiger partial charge in [0, 0.05) is 10.8 Å². The molecule has 0 amide bonds. The van der Waals surface area contributed by atoms with Crippen molar-refractivity contribution in [2.45, 2.75) is 6.92 Å². The molecule has 92 valence electrons. The van der Waals surface area contributed by atoms with Crippen molar-refractivity contribution in [1.82, 2.24) is 0 Å². The van der Waals surface area contributed by atoms with Crippen LogP contribution in [0.15, 0.2) is 54.6 Å². The maximum atomic E-state index is 5.76. The zero-order chi connectivity index (χ0) is 12.8. The van der Waals surface area contributed by atoms with E-state index in [9.17, 15) is 0 Å². The molecule has 0 radical (unpaired) electrons. The van der Waals surface area contributed by atoms with Crippen molar-refractivity contribution in [3.63, 3.8) is 0 Å². The van der Waals surface area contributed by atoms with Crippen molar-refractivity contribution in [2.75, 3.05) is 6.61 Å². The van der Waals surface area contributed by atoms with Gasteiger partial charge in [-0.05, 0) is 35.2 Å².